The van der Waals surface area contributed by atoms with Crippen molar-refractivity contribution in [1.82, 2.24) is 5.32 Å². The third kappa shape index (κ3) is 3.24. The molecular formula is C18H20N2O. The molecule has 0 bridgehead atoms. The number of nitrogen functional groups attached to an aromatic ring is 1. The number of para-hydroxylation sites is 1. The molecule has 0 aromatic heterocycles. The fourth-order valence-electron chi connectivity index (χ4n) is 2.97. The topological polar surface area (TPSA) is 55.1 Å². The van der Waals surface area contributed by atoms with Crippen molar-refractivity contribution < 1.29 is 4.79 Å². The summed E-state index contributed by atoms with van der Waals surface area (Å²) in [6, 6.07) is 16.2. The number of carbonyl (C=O) groups excluding carboxylic acids is 1. The lowest BCUT2D eigenvalue weighted by atomic mass is 9.88. The van der Waals surface area contributed by atoms with Gasteiger partial charge in [-0.25, -0.2) is 0 Å². The molecule has 0 heterocycles. The van der Waals surface area contributed by atoms with E-state index in [0.717, 1.165) is 24.8 Å². The van der Waals surface area contributed by atoms with Gasteiger partial charge in [0.05, 0.1) is 6.42 Å². The molecule has 0 radical (unpaired) electrons. The number of amides is 1. The molecule has 21 heavy (non-hydrogen) atoms. The van der Waals surface area contributed by atoms with Gasteiger partial charge < -0.3 is 11.1 Å². The average Bonchev–Trinajstić information content (AvgIpc) is 2.49. The lowest BCUT2D eigenvalue weighted by Crippen LogP contribution is -2.39. The summed E-state index contributed by atoms with van der Waals surface area (Å²) >= 11 is 0. The van der Waals surface area contributed by atoms with Crippen molar-refractivity contribution in [3.05, 3.63) is 65.2 Å². The molecule has 3 rings (SSSR count). The van der Waals surface area contributed by atoms with Crippen molar-refractivity contribution >= 4 is 11.6 Å². The van der Waals surface area contributed by atoms with Crippen LogP contribution < -0.4 is 11.1 Å². The first-order valence-corrected chi connectivity index (χ1v) is 7.42. The summed E-state index contributed by atoms with van der Waals surface area (Å²) in [4.78, 5) is 12.2. The second kappa shape index (κ2) is 6.00. The van der Waals surface area contributed by atoms with Gasteiger partial charge in [-0.1, -0.05) is 42.5 Å². The SMILES string of the molecule is Nc1ccccc1CC(=O)NC1CCc2ccccc2C1. The van der Waals surface area contributed by atoms with Gasteiger partial charge >= 0.3 is 0 Å². The van der Waals surface area contributed by atoms with Gasteiger partial charge in [-0.2, -0.15) is 0 Å². The van der Waals surface area contributed by atoms with Gasteiger partial charge in [0.1, 0.15) is 0 Å². The number of rotatable bonds is 3. The highest BCUT2D eigenvalue weighted by Gasteiger charge is 2.20. The van der Waals surface area contributed by atoms with E-state index in [9.17, 15) is 4.79 Å². The zero-order valence-electron chi connectivity index (χ0n) is 12.0. The standard InChI is InChI=1S/C18H20N2O/c19-17-8-4-3-7-15(17)12-18(21)20-16-10-9-13-5-1-2-6-14(13)11-16/h1-8,16H,9-12,19H2,(H,20,21). The van der Waals surface area contributed by atoms with E-state index in [0.29, 0.717) is 12.1 Å². The highest BCUT2D eigenvalue weighted by molar-refractivity contribution is 5.80. The number of fused-ring (bicyclic) bond motifs is 1. The third-order valence-corrected chi connectivity index (χ3v) is 4.12. The average molecular weight is 280 g/mol. The van der Waals surface area contributed by atoms with Crippen LogP contribution in [0, 0.1) is 0 Å². The molecule has 1 aliphatic carbocycles. The molecule has 3 N–H and O–H groups in total. The van der Waals surface area contributed by atoms with Crippen LogP contribution in [0.25, 0.3) is 0 Å². The molecule has 0 fully saturated rings. The molecule has 1 amide bonds. The smallest absolute Gasteiger partial charge is 0.224 e. The van der Waals surface area contributed by atoms with E-state index in [4.69, 9.17) is 5.73 Å². The largest absolute Gasteiger partial charge is 0.398 e. The van der Waals surface area contributed by atoms with E-state index in [1.807, 2.05) is 24.3 Å². The van der Waals surface area contributed by atoms with Crippen molar-refractivity contribution in [2.75, 3.05) is 5.73 Å². The fraction of sp³-hybridized carbons (Fsp3) is 0.278. The molecule has 1 atom stereocenters. The van der Waals surface area contributed by atoms with Crippen LogP contribution >= 0.6 is 0 Å². The third-order valence-electron chi connectivity index (χ3n) is 4.12. The minimum absolute atomic E-state index is 0.0530. The van der Waals surface area contributed by atoms with Gasteiger partial charge in [0.2, 0.25) is 5.91 Å². The molecular weight excluding hydrogens is 260 g/mol. The summed E-state index contributed by atoms with van der Waals surface area (Å²) < 4.78 is 0. The first-order valence-electron chi connectivity index (χ1n) is 7.42. The van der Waals surface area contributed by atoms with Crippen LogP contribution in [-0.4, -0.2) is 11.9 Å². The molecule has 0 aliphatic heterocycles. The maximum atomic E-state index is 12.2. The maximum absolute atomic E-state index is 12.2. The van der Waals surface area contributed by atoms with Crippen molar-refractivity contribution in [1.29, 1.82) is 0 Å². The number of carbonyl (C=O) groups is 1. The summed E-state index contributed by atoms with van der Waals surface area (Å²) in [5.74, 6) is 0.0530. The van der Waals surface area contributed by atoms with E-state index in [1.54, 1.807) is 0 Å². The van der Waals surface area contributed by atoms with Crippen LogP contribution in [0.5, 0.6) is 0 Å². The number of anilines is 1. The lowest BCUT2D eigenvalue weighted by molar-refractivity contribution is -0.121. The predicted molar refractivity (Wildman–Crippen MR) is 85.0 cm³/mol. The van der Waals surface area contributed by atoms with Gasteiger partial charge in [-0.05, 0) is 42.0 Å². The Morgan fingerprint density at radius 2 is 1.81 bits per heavy atom. The molecule has 0 saturated heterocycles. The first-order chi connectivity index (χ1) is 10.2. The Morgan fingerprint density at radius 1 is 1.10 bits per heavy atom. The van der Waals surface area contributed by atoms with E-state index < -0.39 is 0 Å². The summed E-state index contributed by atoms with van der Waals surface area (Å²) in [5.41, 5.74) is 10.2. The van der Waals surface area contributed by atoms with Crippen molar-refractivity contribution in [2.24, 2.45) is 0 Å². The molecule has 0 saturated carbocycles. The van der Waals surface area contributed by atoms with Gasteiger partial charge in [-0.15, -0.1) is 0 Å². The summed E-state index contributed by atoms with van der Waals surface area (Å²) in [6.07, 6.45) is 3.32. The van der Waals surface area contributed by atoms with Gasteiger partial charge in [0.15, 0.2) is 0 Å². The van der Waals surface area contributed by atoms with Crippen LogP contribution in [0.2, 0.25) is 0 Å². The van der Waals surface area contributed by atoms with Crippen LogP contribution in [0.15, 0.2) is 48.5 Å². The number of hydrogen-bond donors (Lipinski definition) is 2. The number of aryl methyl sites for hydroxylation is 1. The highest BCUT2D eigenvalue weighted by Crippen LogP contribution is 2.21. The molecule has 1 aliphatic rings. The monoisotopic (exact) mass is 280 g/mol. The van der Waals surface area contributed by atoms with Crippen molar-refractivity contribution in [3.8, 4) is 0 Å². The molecule has 108 valence electrons. The second-order valence-electron chi connectivity index (χ2n) is 5.65. The van der Waals surface area contributed by atoms with E-state index in [2.05, 4.69) is 29.6 Å². The Hall–Kier alpha value is -2.29. The fourth-order valence-corrected chi connectivity index (χ4v) is 2.97. The number of nitrogens with one attached hydrogen (secondary N) is 1. The second-order valence-corrected chi connectivity index (χ2v) is 5.65. The van der Waals surface area contributed by atoms with Crippen LogP contribution in [0.4, 0.5) is 5.69 Å². The lowest BCUT2D eigenvalue weighted by Gasteiger charge is -2.25. The Bertz CT molecular complexity index is 651. The molecule has 2 aromatic carbocycles. The van der Waals surface area contributed by atoms with Gasteiger partial charge in [-0.3, -0.25) is 4.79 Å². The Kier molecular flexibility index (Phi) is 3.91. The van der Waals surface area contributed by atoms with E-state index >= 15 is 0 Å². The molecule has 3 nitrogen and oxygen atoms in total. The predicted octanol–water partition coefficient (Wildman–Crippen LogP) is 2.49. The van der Waals surface area contributed by atoms with E-state index in [-0.39, 0.29) is 11.9 Å². The van der Waals surface area contributed by atoms with Gasteiger partial charge in [0.25, 0.3) is 0 Å². The zero-order chi connectivity index (χ0) is 14.7. The highest BCUT2D eigenvalue weighted by atomic mass is 16.1. The molecule has 3 heteroatoms. The quantitative estimate of drug-likeness (QED) is 0.849. The summed E-state index contributed by atoms with van der Waals surface area (Å²) in [7, 11) is 0. The first kappa shape index (κ1) is 13.7. The Labute approximate surface area is 125 Å². The zero-order valence-corrected chi connectivity index (χ0v) is 12.0. The number of hydrogen-bond acceptors (Lipinski definition) is 2. The Balaban J connectivity index is 1.60. The van der Waals surface area contributed by atoms with Gasteiger partial charge in [0, 0.05) is 11.7 Å². The normalized spacial score (nSPS) is 17.0. The maximum Gasteiger partial charge on any atom is 0.224 e. The van der Waals surface area contributed by atoms with E-state index in [1.165, 1.54) is 11.1 Å². The van der Waals surface area contributed by atoms with Crippen LogP contribution in [0.1, 0.15) is 23.1 Å². The van der Waals surface area contributed by atoms with Crippen molar-refractivity contribution in [3.63, 3.8) is 0 Å². The molecule has 1 unspecified atom stereocenters. The molecule has 2 aromatic rings. The number of nitrogens with two attached hydrogens (primary N) is 1. The minimum Gasteiger partial charge on any atom is -0.398 e. The molecule has 0 spiro atoms. The van der Waals surface area contributed by atoms with Crippen molar-refractivity contribution in [2.45, 2.75) is 31.7 Å². The number of benzene rings is 2. The van der Waals surface area contributed by atoms with Crippen LogP contribution in [0.3, 0.4) is 0 Å². The summed E-state index contributed by atoms with van der Waals surface area (Å²) in [5, 5.41) is 3.14. The minimum atomic E-state index is 0.0530. The Morgan fingerprint density at radius 3 is 2.62 bits per heavy atom. The van der Waals surface area contributed by atoms with Crippen LogP contribution in [-0.2, 0) is 24.1 Å². The summed E-state index contributed by atoms with van der Waals surface area (Å²) in [6.45, 7) is 0.